The molecule has 1 atom stereocenters. The summed E-state index contributed by atoms with van der Waals surface area (Å²) in [6.45, 7) is 3.05. The number of amides is 1. The van der Waals surface area contributed by atoms with Crippen LogP contribution in [0.25, 0.3) is 0 Å². The van der Waals surface area contributed by atoms with Crippen molar-refractivity contribution in [1.29, 1.82) is 5.26 Å². The minimum atomic E-state index is 0.0478. The fraction of sp³-hybridized carbons (Fsp3) is 0.636. The van der Waals surface area contributed by atoms with E-state index in [4.69, 9.17) is 5.26 Å². The maximum atomic E-state index is 12.0. The van der Waals surface area contributed by atoms with Crippen molar-refractivity contribution in [2.45, 2.75) is 38.8 Å². The van der Waals surface area contributed by atoms with E-state index in [2.05, 4.69) is 17.0 Å². The van der Waals surface area contributed by atoms with Gasteiger partial charge in [0, 0.05) is 12.6 Å². The van der Waals surface area contributed by atoms with E-state index in [1.54, 1.807) is 0 Å². The Morgan fingerprint density at radius 3 is 3.12 bits per heavy atom. The molecule has 2 heterocycles. The van der Waals surface area contributed by atoms with Crippen LogP contribution in [-0.4, -0.2) is 38.2 Å². The summed E-state index contributed by atoms with van der Waals surface area (Å²) in [7, 11) is 0. The predicted octanol–water partition coefficient (Wildman–Crippen LogP) is 0.551. The van der Waals surface area contributed by atoms with Gasteiger partial charge in [-0.2, -0.15) is 5.26 Å². The van der Waals surface area contributed by atoms with Crippen LogP contribution in [-0.2, 0) is 11.3 Å². The van der Waals surface area contributed by atoms with Crippen molar-refractivity contribution in [3.8, 4) is 6.07 Å². The molecule has 1 amide bonds. The lowest BCUT2D eigenvalue weighted by Crippen LogP contribution is -2.43. The van der Waals surface area contributed by atoms with Crippen LogP contribution in [0.5, 0.6) is 0 Å². The average Bonchev–Trinajstić information content (AvgIpc) is 2.77. The highest BCUT2D eigenvalue weighted by atomic mass is 16.2. The predicted molar refractivity (Wildman–Crippen MR) is 59.8 cm³/mol. The van der Waals surface area contributed by atoms with Gasteiger partial charge in [0.05, 0.1) is 0 Å². The molecule has 6 heteroatoms. The second-order valence-electron chi connectivity index (χ2n) is 4.31. The first kappa shape index (κ1) is 11.6. The molecule has 0 aromatic carbocycles. The minimum Gasteiger partial charge on any atom is -0.338 e. The molecule has 1 aromatic heterocycles. The van der Waals surface area contributed by atoms with Gasteiger partial charge in [-0.25, -0.2) is 9.67 Å². The number of hydrogen-bond donors (Lipinski definition) is 0. The van der Waals surface area contributed by atoms with Crippen molar-refractivity contribution in [1.82, 2.24) is 19.7 Å². The van der Waals surface area contributed by atoms with Crippen LogP contribution >= 0.6 is 0 Å². The molecule has 0 spiro atoms. The fourth-order valence-electron chi connectivity index (χ4n) is 2.12. The third-order valence-corrected chi connectivity index (χ3v) is 3.06. The van der Waals surface area contributed by atoms with E-state index in [1.165, 1.54) is 17.4 Å². The van der Waals surface area contributed by atoms with Gasteiger partial charge in [0.15, 0.2) is 0 Å². The lowest BCUT2D eigenvalue weighted by Gasteiger charge is -2.33. The summed E-state index contributed by atoms with van der Waals surface area (Å²) in [4.78, 5) is 17.7. The quantitative estimate of drug-likeness (QED) is 0.747. The van der Waals surface area contributed by atoms with Gasteiger partial charge in [0.2, 0.25) is 5.91 Å². The molecule has 1 fully saturated rings. The van der Waals surface area contributed by atoms with E-state index >= 15 is 0 Å². The Morgan fingerprint density at radius 2 is 2.47 bits per heavy atom. The van der Waals surface area contributed by atoms with Gasteiger partial charge in [0.1, 0.15) is 18.9 Å². The van der Waals surface area contributed by atoms with Gasteiger partial charge in [-0.1, -0.05) is 0 Å². The molecule has 1 aliphatic heterocycles. The number of piperidine rings is 1. The Labute approximate surface area is 99.9 Å². The molecule has 0 N–H and O–H groups in total. The van der Waals surface area contributed by atoms with Gasteiger partial charge in [0.25, 0.3) is 5.82 Å². The van der Waals surface area contributed by atoms with Gasteiger partial charge in [-0.3, -0.25) is 4.79 Å². The normalized spacial score (nSPS) is 20.0. The number of nitrogens with zero attached hydrogens (tertiary/aromatic N) is 5. The van der Waals surface area contributed by atoms with Crippen molar-refractivity contribution in [3.05, 3.63) is 12.2 Å². The molecule has 0 saturated carbocycles. The SMILES string of the molecule is CC1CCCCN1C(=O)Cn1cnc(C#N)n1. The molecular formula is C11H15N5O. The third-order valence-electron chi connectivity index (χ3n) is 3.06. The van der Waals surface area contributed by atoms with Gasteiger partial charge < -0.3 is 4.90 Å². The standard InChI is InChI=1S/C11H15N5O/c1-9-4-2-3-5-16(9)11(17)7-15-8-13-10(6-12)14-15/h8-9H,2-5,7H2,1H3. The first-order valence-corrected chi connectivity index (χ1v) is 5.79. The summed E-state index contributed by atoms with van der Waals surface area (Å²) in [6, 6.07) is 2.14. The minimum absolute atomic E-state index is 0.0478. The first-order valence-electron chi connectivity index (χ1n) is 5.79. The number of carbonyl (C=O) groups is 1. The molecule has 0 aliphatic carbocycles. The van der Waals surface area contributed by atoms with E-state index in [9.17, 15) is 4.79 Å². The van der Waals surface area contributed by atoms with E-state index in [1.807, 2.05) is 11.0 Å². The van der Waals surface area contributed by atoms with Crippen molar-refractivity contribution in [3.63, 3.8) is 0 Å². The van der Waals surface area contributed by atoms with Crippen molar-refractivity contribution in [2.75, 3.05) is 6.54 Å². The number of rotatable bonds is 2. The smallest absolute Gasteiger partial charge is 0.252 e. The lowest BCUT2D eigenvalue weighted by molar-refractivity contribution is -0.135. The molecule has 1 aromatic rings. The largest absolute Gasteiger partial charge is 0.338 e. The third kappa shape index (κ3) is 2.61. The summed E-state index contributed by atoms with van der Waals surface area (Å²) in [6.07, 6.45) is 4.74. The molecule has 1 unspecified atom stereocenters. The van der Waals surface area contributed by atoms with Gasteiger partial charge in [-0.05, 0) is 26.2 Å². The number of likely N-dealkylation sites (tertiary alicyclic amines) is 1. The van der Waals surface area contributed by atoms with Gasteiger partial charge in [-0.15, -0.1) is 5.10 Å². The maximum Gasteiger partial charge on any atom is 0.252 e. The number of hydrogen-bond acceptors (Lipinski definition) is 4. The van der Waals surface area contributed by atoms with Crippen molar-refractivity contribution in [2.24, 2.45) is 0 Å². The van der Waals surface area contributed by atoms with Crippen LogP contribution in [0.1, 0.15) is 32.0 Å². The zero-order valence-corrected chi connectivity index (χ0v) is 9.83. The monoisotopic (exact) mass is 233 g/mol. The van der Waals surface area contributed by atoms with E-state index in [-0.39, 0.29) is 18.3 Å². The van der Waals surface area contributed by atoms with Crippen LogP contribution < -0.4 is 0 Å². The summed E-state index contributed by atoms with van der Waals surface area (Å²) in [5.74, 6) is 0.149. The molecule has 2 rings (SSSR count). The van der Waals surface area contributed by atoms with Crippen LogP contribution in [0, 0.1) is 11.3 Å². The summed E-state index contributed by atoms with van der Waals surface area (Å²) in [5.41, 5.74) is 0. The zero-order chi connectivity index (χ0) is 12.3. The summed E-state index contributed by atoms with van der Waals surface area (Å²) < 4.78 is 1.42. The van der Waals surface area contributed by atoms with Crippen LogP contribution in [0.3, 0.4) is 0 Å². The maximum absolute atomic E-state index is 12.0. The molecule has 90 valence electrons. The van der Waals surface area contributed by atoms with Gasteiger partial charge >= 0.3 is 0 Å². The number of nitriles is 1. The zero-order valence-electron chi connectivity index (χ0n) is 9.83. The Hall–Kier alpha value is -1.90. The van der Waals surface area contributed by atoms with E-state index in [0.717, 1.165) is 19.4 Å². The molecule has 0 bridgehead atoms. The number of carbonyl (C=O) groups excluding carboxylic acids is 1. The molecule has 1 aliphatic rings. The second-order valence-corrected chi connectivity index (χ2v) is 4.31. The van der Waals surface area contributed by atoms with Crippen molar-refractivity contribution >= 4 is 5.91 Å². The highest BCUT2D eigenvalue weighted by Crippen LogP contribution is 2.16. The summed E-state index contributed by atoms with van der Waals surface area (Å²) >= 11 is 0. The number of aromatic nitrogens is 3. The fourth-order valence-corrected chi connectivity index (χ4v) is 2.12. The Balaban J connectivity index is 1.98. The van der Waals surface area contributed by atoms with E-state index in [0.29, 0.717) is 6.04 Å². The molecule has 17 heavy (non-hydrogen) atoms. The molecule has 0 radical (unpaired) electrons. The second kappa shape index (κ2) is 4.95. The molecule has 1 saturated heterocycles. The van der Waals surface area contributed by atoms with E-state index < -0.39 is 0 Å². The van der Waals surface area contributed by atoms with Crippen LogP contribution in [0.2, 0.25) is 0 Å². The lowest BCUT2D eigenvalue weighted by atomic mass is 10.0. The average molecular weight is 233 g/mol. The summed E-state index contributed by atoms with van der Waals surface area (Å²) in [5, 5.41) is 12.5. The molecular weight excluding hydrogens is 218 g/mol. The Morgan fingerprint density at radius 1 is 1.65 bits per heavy atom. The highest BCUT2D eigenvalue weighted by Gasteiger charge is 2.23. The first-order chi connectivity index (χ1) is 8.20. The Bertz CT molecular complexity index is 447. The highest BCUT2D eigenvalue weighted by molar-refractivity contribution is 5.76. The topological polar surface area (TPSA) is 74.8 Å². The van der Waals surface area contributed by atoms with Crippen molar-refractivity contribution < 1.29 is 4.79 Å². The Kier molecular flexibility index (Phi) is 3.38. The van der Waals surface area contributed by atoms with Crippen LogP contribution in [0.15, 0.2) is 6.33 Å². The van der Waals surface area contributed by atoms with Crippen LogP contribution in [0.4, 0.5) is 0 Å². The molecule has 6 nitrogen and oxygen atoms in total.